The standard InChI is InChI=1S/C13H19BrN2O2/c1-13(2,3)18-12(17)16-6-4-5-11(16)10-7-9(14)8-15-10/h7-8,11,15H,4-6H2,1-3H3/t11-/m0/s1. The van der Waals surface area contributed by atoms with Crippen molar-refractivity contribution in [3.05, 3.63) is 22.4 Å². The first kappa shape index (κ1) is 13.5. The zero-order valence-corrected chi connectivity index (χ0v) is 12.6. The Balaban J connectivity index is 2.10. The zero-order valence-electron chi connectivity index (χ0n) is 11.0. The molecule has 0 saturated carbocycles. The van der Waals surface area contributed by atoms with E-state index < -0.39 is 5.60 Å². The van der Waals surface area contributed by atoms with E-state index in [9.17, 15) is 4.79 Å². The number of rotatable bonds is 1. The van der Waals surface area contributed by atoms with Crippen molar-refractivity contribution in [1.29, 1.82) is 0 Å². The number of hydrogen-bond donors (Lipinski definition) is 1. The van der Waals surface area contributed by atoms with Crippen LogP contribution in [0.1, 0.15) is 45.3 Å². The smallest absolute Gasteiger partial charge is 0.410 e. The van der Waals surface area contributed by atoms with Crippen LogP contribution in [0.3, 0.4) is 0 Å². The molecule has 100 valence electrons. The third-order valence-corrected chi connectivity index (χ3v) is 3.37. The molecular formula is C13H19BrN2O2. The fourth-order valence-electron chi connectivity index (χ4n) is 2.21. The predicted octanol–water partition coefficient (Wildman–Crippen LogP) is 3.85. The average Bonchev–Trinajstić information content (AvgIpc) is 2.81. The van der Waals surface area contributed by atoms with Crippen LogP contribution in [0.25, 0.3) is 0 Å². The SMILES string of the molecule is CC(C)(C)OC(=O)N1CCC[C@H]1c1cc(Br)c[nH]1. The molecule has 1 N–H and O–H groups in total. The number of aromatic amines is 1. The first-order chi connectivity index (χ1) is 8.37. The number of nitrogens with zero attached hydrogens (tertiary/aromatic N) is 1. The van der Waals surface area contributed by atoms with Gasteiger partial charge in [0.05, 0.1) is 6.04 Å². The van der Waals surface area contributed by atoms with Crippen LogP contribution in [-0.2, 0) is 4.74 Å². The molecule has 1 aliphatic rings. The van der Waals surface area contributed by atoms with E-state index in [4.69, 9.17) is 4.74 Å². The highest BCUT2D eigenvalue weighted by Crippen LogP contribution is 2.33. The molecule has 1 amide bonds. The molecule has 1 aromatic rings. The number of carbonyl (C=O) groups excluding carboxylic acids is 1. The molecule has 18 heavy (non-hydrogen) atoms. The first-order valence-corrected chi connectivity index (χ1v) is 6.99. The van der Waals surface area contributed by atoms with Crippen molar-refractivity contribution >= 4 is 22.0 Å². The van der Waals surface area contributed by atoms with E-state index >= 15 is 0 Å². The van der Waals surface area contributed by atoms with Crippen molar-refractivity contribution in [3.63, 3.8) is 0 Å². The topological polar surface area (TPSA) is 45.3 Å². The molecule has 1 saturated heterocycles. The van der Waals surface area contributed by atoms with Gasteiger partial charge in [-0.05, 0) is 55.6 Å². The minimum Gasteiger partial charge on any atom is -0.444 e. The van der Waals surface area contributed by atoms with Gasteiger partial charge in [-0.25, -0.2) is 4.79 Å². The van der Waals surface area contributed by atoms with Crippen LogP contribution in [0.4, 0.5) is 4.79 Å². The third-order valence-electron chi connectivity index (χ3n) is 2.91. The second-order valence-corrected chi connectivity index (χ2v) is 6.52. The Bertz CT molecular complexity index is 436. The lowest BCUT2D eigenvalue weighted by Crippen LogP contribution is -2.36. The molecule has 2 heterocycles. The lowest BCUT2D eigenvalue weighted by molar-refractivity contribution is 0.0222. The summed E-state index contributed by atoms with van der Waals surface area (Å²) >= 11 is 3.42. The first-order valence-electron chi connectivity index (χ1n) is 6.20. The lowest BCUT2D eigenvalue weighted by atomic mass is 10.1. The van der Waals surface area contributed by atoms with E-state index in [1.807, 2.05) is 37.9 Å². The molecule has 1 atom stereocenters. The van der Waals surface area contributed by atoms with Crippen LogP contribution < -0.4 is 0 Å². The maximum atomic E-state index is 12.1. The second kappa shape index (κ2) is 4.96. The molecule has 0 aliphatic carbocycles. The van der Waals surface area contributed by atoms with Gasteiger partial charge < -0.3 is 9.72 Å². The lowest BCUT2D eigenvalue weighted by Gasteiger charge is -2.28. The van der Waals surface area contributed by atoms with Crippen molar-refractivity contribution < 1.29 is 9.53 Å². The van der Waals surface area contributed by atoms with E-state index in [1.54, 1.807) is 0 Å². The van der Waals surface area contributed by atoms with Crippen molar-refractivity contribution in [2.75, 3.05) is 6.54 Å². The summed E-state index contributed by atoms with van der Waals surface area (Å²) in [5.41, 5.74) is 0.616. The van der Waals surface area contributed by atoms with Gasteiger partial charge in [0.2, 0.25) is 0 Å². The quantitative estimate of drug-likeness (QED) is 0.855. The van der Waals surface area contributed by atoms with Gasteiger partial charge in [0.15, 0.2) is 0 Å². The summed E-state index contributed by atoms with van der Waals surface area (Å²) in [7, 11) is 0. The number of nitrogens with one attached hydrogen (secondary N) is 1. The Hall–Kier alpha value is -0.970. The summed E-state index contributed by atoms with van der Waals surface area (Å²) in [5.74, 6) is 0. The summed E-state index contributed by atoms with van der Waals surface area (Å²) in [5, 5.41) is 0. The Morgan fingerprint density at radius 2 is 2.28 bits per heavy atom. The number of carbonyl (C=O) groups is 1. The number of amides is 1. The van der Waals surface area contributed by atoms with E-state index in [2.05, 4.69) is 20.9 Å². The average molecular weight is 315 g/mol. The minimum atomic E-state index is -0.444. The number of likely N-dealkylation sites (tertiary alicyclic amines) is 1. The number of ether oxygens (including phenoxy) is 1. The highest BCUT2D eigenvalue weighted by atomic mass is 79.9. The van der Waals surface area contributed by atoms with Gasteiger partial charge in [0, 0.05) is 22.9 Å². The Kier molecular flexibility index (Phi) is 3.71. The molecule has 0 radical (unpaired) electrons. The summed E-state index contributed by atoms with van der Waals surface area (Å²) in [4.78, 5) is 17.1. The van der Waals surface area contributed by atoms with Crippen LogP contribution >= 0.6 is 15.9 Å². The van der Waals surface area contributed by atoms with Crippen molar-refractivity contribution in [3.8, 4) is 0 Å². The maximum Gasteiger partial charge on any atom is 0.410 e. The Morgan fingerprint density at radius 1 is 1.56 bits per heavy atom. The van der Waals surface area contributed by atoms with E-state index in [0.29, 0.717) is 0 Å². The molecule has 4 nitrogen and oxygen atoms in total. The predicted molar refractivity (Wildman–Crippen MR) is 73.4 cm³/mol. The van der Waals surface area contributed by atoms with E-state index in [0.717, 1.165) is 29.6 Å². The number of H-pyrrole nitrogens is 1. The van der Waals surface area contributed by atoms with Gasteiger partial charge in [-0.2, -0.15) is 0 Å². The molecule has 5 heteroatoms. The molecule has 0 bridgehead atoms. The van der Waals surface area contributed by atoms with Crippen molar-refractivity contribution in [2.24, 2.45) is 0 Å². The van der Waals surface area contributed by atoms with Crippen LogP contribution in [0.2, 0.25) is 0 Å². The van der Waals surface area contributed by atoms with Gasteiger partial charge in [-0.15, -0.1) is 0 Å². The molecule has 0 spiro atoms. The summed E-state index contributed by atoms with van der Waals surface area (Å²) < 4.78 is 6.45. The Morgan fingerprint density at radius 3 is 2.83 bits per heavy atom. The van der Waals surface area contributed by atoms with Gasteiger partial charge >= 0.3 is 6.09 Å². The number of hydrogen-bond acceptors (Lipinski definition) is 2. The summed E-state index contributed by atoms with van der Waals surface area (Å²) in [6.45, 7) is 6.43. The fraction of sp³-hybridized carbons (Fsp3) is 0.615. The maximum absolute atomic E-state index is 12.1. The van der Waals surface area contributed by atoms with E-state index in [1.165, 1.54) is 0 Å². The van der Waals surface area contributed by atoms with E-state index in [-0.39, 0.29) is 12.1 Å². The van der Waals surface area contributed by atoms with Crippen LogP contribution in [0.5, 0.6) is 0 Å². The van der Waals surface area contributed by atoms with Crippen LogP contribution in [0.15, 0.2) is 16.7 Å². The summed E-state index contributed by atoms with van der Waals surface area (Å²) in [6.07, 6.45) is 3.66. The molecule has 1 aliphatic heterocycles. The molecular weight excluding hydrogens is 296 g/mol. The molecule has 2 rings (SSSR count). The zero-order chi connectivity index (χ0) is 13.3. The highest BCUT2D eigenvalue weighted by molar-refractivity contribution is 9.10. The van der Waals surface area contributed by atoms with Gasteiger partial charge in [-0.3, -0.25) is 4.90 Å². The largest absolute Gasteiger partial charge is 0.444 e. The molecule has 1 aromatic heterocycles. The number of aromatic nitrogens is 1. The van der Waals surface area contributed by atoms with Gasteiger partial charge in [0.1, 0.15) is 5.60 Å². The van der Waals surface area contributed by atoms with Crippen LogP contribution in [-0.4, -0.2) is 28.1 Å². The third kappa shape index (κ3) is 3.07. The van der Waals surface area contributed by atoms with Gasteiger partial charge in [-0.1, -0.05) is 0 Å². The minimum absolute atomic E-state index is 0.103. The molecule has 0 aromatic carbocycles. The van der Waals surface area contributed by atoms with Crippen LogP contribution in [0, 0.1) is 0 Å². The molecule has 1 fully saturated rings. The normalized spacial score (nSPS) is 20.2. The number of halogens is 1. The monoisotopic (exact) mass is 314 g/mol. The van der Waals surface area contributed by atoms with Crippen molar-refractivity contribution in [2.45, 2.75) is 45.3 Å². The highest BCUT2D eigenvalue weighted by Gasteiger charge is 2.33. The van der Waals surface area contributed by atoms with Crippen molar-refractivity contribution in [1.82, 2.24) is 9.88 Å². The summed E-state index contributed by atoms with van der Waals surface area (Å²) in [6, 6.07) is 2.12. The Labute approximate surface area is 116 Å². The fourth-order valence-corrected chi connectivity index (χ4v) is 2.57. The second-order valence-electron chi connectivity index (χ2n) is 5.61. The molecule has 0 unspecified atom stereocenters. The van der Waals surface area contributed by atoms with Gasteiger partial charge in [0.25, 0.3) is 0 Å².